The molecular weight excluding hydrogens is 188 g/mol. The molecule has 1 fully saturated rings. The van der Waals surface area contributed by atoms with E-state index in [0.29, 0.717) is 17.9 Å². The molecule has 1 aliphatic rings. The summed E-state index contributed by atoms with van der Waals surface area (Å²) in [6, 6.07) is 0.461. The van der Waals surface area contributed by atoms with E-state index in [1.165, 1.54) is 19.3 Å². The Morgan fingerprint density at radius 3 is 2.53 bits per heavy atom. The Balaban J connectivity index is 2.04. The average molecular weight is 212 g/mol. The maximum Gasteiger partial charge on any atom is 0.221 e. The summed E-state index contributed by atoms with van der Waals surface area (Å²) >= 11 is 0. The largest absolute Gasteiger partial charge is 0.356 e. The summed E-state index contributed by atoms with van der Waals surface area (Å²) in [6.45, 7) is 8.05. The minimum absolute atomic E-state index is 0.183. The van der Waals surface area contributed by atoms with Crippen molar-refractivity contribution in [2.24, 2.45) is 5.41 Å². The van der Waals surface area contributed by atoms with Gasteiger partial charge in [0.15, 0.2) is 0 Å². The smallest absolute Gasteiger partial charge is 0.221 e. The van der Waals surface area contributed by atoms with Crippen molar-refractivity contribution in [3.63, 3.8) is 0 Å². The molecule has 0 atom stereocenters. The van der Waals surface area contributed by atoms with Crippen LogP contribution >= 0.6 is 0 Å². The fraction of sp³-hybridized carbons (Fsp3) is 0.917. The second-order valence-corrected chi connectivity index (χ2v) is 4.99. The summed E-state index contributed by atoms with van der Waals surface area (Å²) in [7, 11) is 0. The second-order valence-electron chi connectivity index (χ2n) is 4.99. The van der Waals surface area contributed by atoms with Gasteiger partial charge >= 0.3 is 0 Å². The van der Waals surface area contributed by atoms with Crippen molar-refractivity contribution < 1.29 is 4.79 Å². The molecule has 3 nitrogen and oxygen atoms in total. The Labute approximate surface area is 93.0 Å². The summed E-state index contributed by atoms with van der Waals surface area (Å²) in [4.78, 5) is 11.5. The molecule has 15 heavy (non-hydrogen) atoms. The molecule has 0 spiro atoms. The Kier molecular flexibility index (Phi) is 4.58. The van der Waals surface area contributed by atoms with E-state index in [0.717, 1.165) is 13.1 Å². The van der Waals surface area contributed by atoms with Gasteiger partial charge in [-0.05, 0) is 24.7 Å². The van der Waals surface area contributed by atoms with Gasteiger partial charge in [-0.3, -0.25) is 4.79 Å². The van der Waals surface area contributed by atoms with Gasteiger partial charge in [0.25, 0.3) is 0 Å². The molecule has 0 aromatic rings. The molecule has 88 valence electrons. The first-order valence-electron chi connectivity index (χ1n) is 6.08. The summed E-state index contributed by atoms with van der Waals surface area (Å²) in [6.07, 6.45) is 4.36. The number of hydrogen-bond donors (Lipinski definition) is 2. The molecule has 1 amide bonds. The van der Waals surface area contributed by atoms with Crippen LogP contribution in [-0.4, -0.2) is 25.0 Å². The Morgan fingerprint density at radius 1 is 1.40 bits per heavy atom. The average Bonchev–Trinajstić information content (AvgIpc) is 2.95. The topological polar surface area (TPSA) is 41.1 Å². The standard InChI is InChI=1S/C12H24N2O/c1-4-12(6-7-12)9-14-11(15)5-8-13-10(2)3/h10,13H,4-9H2,1-3H3,(H,14,15). The van der Waals surface area contributed by atoms with E-state index in [9.17, 15) is 4.79 Å². The molecule has 2 N–H and O–H groups in total. The highest BCUT2D eigenvalue weighted by atomic mass is 16.1. The highest BCUT2D eigenvalue weighted by molar-refractivity contribution is 5.76. The van der Waals surface area contributed by atoms with E-state index in [1.54, 1.807) is 0 Å². The van der Waals surface area contributed by atoms with Gasteiger partial charge in [0.1, 0.15) is 0 Å². The van der Waals surface area contributed by atoms with Crippen LogP contribution in [0.3, 0.4) is 0 Å². The lowest BCUT2D eigenvalue weighted by atomic mass is 10.0. The molecule has 1 aliphatic carbocycles. The lowest BCUT2D eigenvalue weighted by molar-refractivity contribution is -0.121. The van der Waals surface area contributed by atoms with Gasteiger partial charge in [-0.25, -0.2) is 0 Å². The third kappa shape index (κ3) is 4.65. The number of rotatable bonds is 7. The van der Waals surface area contributed by atoms with Crippen molar-refractivity contribution in [2.75, 3.05) is 13.1 Å². The second kappa shape index (κ2) is 5.50. The Morgan fingerprint density at radius 2 is 2.07 bits per heavy atom. The van der Waals surface area contributed by atoms with Gasteiger partial charge in [0, 0.05) is 25.6 Å². The van der Waals surface area contributed by atoms with Gasteiger partial charge in [0.2, 0.25) is 5.91 Å². The van der Waals surface area contributed by atoms with E-state index in [1.807, 2.05) is 0 Å². The fourth-order valence-electron chi connectivity index (χ4n) is 1.68. The van der Waals surface area contributed by atoms with Crippen molar-refractivity contribution in [1.29, 1.82) is 0 Å². The molecule has 0 aromatic heterocycles. The summed E-state index contributed by atoms with van der Waals surface area (Å²) in [5.74, 6) is 0.183. The van der Waals surface area contributed by atoms with Crippen LogP contribution in [0.1, 0.15) is 46.5 Å². The molecule has 0 saturated heterocycles. The van der Waals surface area contributed by atoms with Crippen molar-refractivity contribution in [2.45, 2.75) is 52.5 Å². The zero-order chi connectivity index (χ0) is 11.3. The van der Waals surface area contributed by atoms with Crippen molar-refractivity contribution in [3.8, 4) is 0 Å². The first-order valence-corrected chi connectivity index (χ1v) is 6.08. The van der Waals surface area contributed by atoms with E-state index >= 15 is 0 Å². The predicted octanol–water partition coefficient (Wildman–Crippen LogP) is 1.68. The highest BCUT2D eigenvalue weighted by Crippen LogP contribution is 2.47. The third-order valence-corrected chi connectivity index (χ3v) is 3.27. The normalized spacial score (nSPS) is 17.9. The van der Waals surface area contributed by atoms with E-state index in [-0.39, 0.29) is 5.91 Å². The van der Waals surface area contributed by atoms with Crippen LogP contribution < -0.4 is 10.6 Å². The molecule has 0 unspecified atom stereocenters. The Bertz CT molecular complexity index is 210. The van der Waals surface area contributed by atoms with Crippen LogP contribution in [0.4, 0.5) is 0 Å². The maximum absolute atomic E-state index is 11.5. The first-order chi connectivity index (χ1) is 7.08. The van der Waals surface area contributed by atoms with Crippen molar-refractivity contribution >= 4 is 5.91 Å². The molecule has 0 radical (unpaired) electrons. The van der Waals surface area contributed by atoms with Crippen LogP contribution in [0.2, 0.25) is 0 Å². The van der Waals surface area contributed by atoms with Gasteiger partial charge in [0.05, 0.1) is 0 Å². The number of amides is 1. The molecule has 3 heteroatoms. The minimum Gasteiger partial charge on any atom is -0.356 e. The Hall–Kier alpha value is -0.570. The molecule has 1 rings (SSSR count). The molecule has 0 heterocycles. The zero-order valence-electron chi connectivity index (χ0n) is 10.2. The summed E-state index contributed by atoms with van der Waals surface area (Å²) in [5, 5.41) is 6.27. The molecule has 0 bridgehead atoms. The van der Waals surface area contributed by atoms with Crippen LogP contribution in [0.15, 0.2) is 0 Å². The van der Waals surface area contributed by atoms with Gasteiger partial charge < -0.3 is 10.6 Å². The number of nitrogens with one attached hydrogen (secondary N) is 2. The lowest BCUT2D eigenvalue weighted by Gasteiger charge is -2.13. The molecule has 0 aromatic carbocycles. The van der Waals surface area contributed by atoms with Crippen molar-refractivity contribution in [3.05, 3.63) is 0 Å². The number of hydrogen-bond acceptors (Lipinski definition) is 2. The maximum atomic E-state index is 11.5. The third-order valence-electron chi connectivity index (χ3n) is 3.27. The molecule has 1 saturated carbocycles. The highest BCUT2D eigenvalue weighted by Gasteiger charge is 2.40. The van der Waals surface area contributed by atoms with Crippen molar-refractivity contribution in [1.82, 2.24) is 10.6 Å². The van der Waals surface area contributed by atoms with E-state index in [4.69, 9.17) is 0 Å². The van der Waals surface area contributed by atoms with Crippen LogP contribution in [0, 0.1) is 5.41 Å². The first kappa shape index (κ1) is 12.5. The molecule has 0 aliphatic heterocycles. The van der Waals surface area contributed by atoms with Gasteiger partial charge in [-0.15, -0.1) is 0 Å². The SMILES string of the molecule is CCC1(CNC(=O)CCNC(C)C)CC1. The monoisotopic (exact) mass is 212 g/mol. The number of carbonyl (C=O) groups is 1. The van der Waals surface area contributed by atoms with E-state index in [2.05, 4.69) is 31.4 Å². The van der Waals surface area contributed by atoms with E-state index < -0.39 is 0 Å². The van der Waals surface area contributed by atoms with Crippen LogP contribution in [0.5, 0.6) is 0 Å². The van der Waals surface area contributed by atoms with Gasteiger partial charge in [-0.1, -0.05) is 20.8 Å². The van der Waals surface area contributed by atoms with Crippen LogP contribution in [0.25, 0.3) is 0 Å². The quantitative estimate of drug-likeness (QED) is 0.674. The number of carbonyl (C=O) groups excluding carboxylic acids is 1. The zero-order valence-corrected chi connectivity index (χ0v) is 10.2. The summed E-state index contributed by atoms with van der Waals surface area (Å²) < 4.78 is 0. The minimum atomic E-state index is 0.183. The predicted molar refractivity (Wildman–Crippen MR) is 62.7 cm³/mol. The van der Waals surface area contributed by atoms with Crippen LogP contribution in [-0.2, 0) is 4.79 Å². The summed E-state index contributed by atoms with van der Waals surface area (Å²) in [5.41, 5.74) is 0.459. The fourth-order valence-corrected chi connectivity index (χ4v) is 1.68. The lowest BCUT2D eigenvalue weighted by Crippen LogP contribution is -2.33. The van der Waals surface area contributed by atoms with Gasteiger partial charge in [-0.2, -0.15) is 0 Å². The molecular formula is C12H24N2O.